The van der Waals surface area contributed by atoms with Gasteiger partial charge in [-0.15, -0.1) is 0 Å². The van der Waals surface area contributed by atoms with Crippen LogP contribution in [0.5, 0.6) is 0 Å². The Morgan fingerprint density at radius 1 is 1.45 bits per heavy atom. The summed E-state index contributed by atoms with van der Waals surface area (Å²) in [5.74, 6) is 0.728. The molecule has 1 aliphatic heterocycles. The normalized spacial score (nSPS) is 20.4. The topological polar surface area (TPSA) is 49.7 Å². The van der Waals surface area contributed by atoms with Crippen molar-refractivity contribution in [3.63, 3.8) is 0 Å². The van der Waals surface area contributed by atoms with Crippen molar-refractivity contribution in [1.29, 1.82) is 0 Å². The van der Waals surface area contributed by atoms with Gasteiger partial charge in [0.2, 0.25) is 0 Å². The molecule has 0 bridgehead atoms. The van der Waals surface area contributed by atoms with E-state index in [0.29, 0.717) is 0 Å². The summed E-state index contributed by atoms with van der Waals surface area (Å²) >= 11 is 0. The maximum absolute atomic E-state index is 4.48. The average Bonchev–Trinajstić information content (AvgIpc) is 3.00. The highest BCUT2D eigenvalue weighted by molar-refractivity contribution is 5.14. The van der Waals surface area contributed by atoms with Crippen LogP contribution < -0.4 is 0 Å². The molecule has 1 atom stereocenters. The van der Waals surface area contributed by atoms with Gasteiger partial charge in [0.15, 0.2) is 0 Å². The van der Waals surface area contributed by atoms with Gasteiger partial charge in [0.05, 0.1) is 11.9 Å². The number of nitrogens with zero attached hydrogens (tertiary/aromatic N) is 4. The number of aromatic amines is 1. The molecule has 0 aliphatic carbocycles. The van der Waals surface area contributed by atoms with E-state index in [2.05, 4.69) is 33.2 Å². The second-order valence-electron chi connectivity index (χ2n) is 5.96. The summed E-state index contributed by atoms with van der Waals surface area (Å²) in [4.78, 5) is 2.53. The van der Waals surface area contributed by atoms with Gasteiger partial charge in [0.1, 0.15) is 0 Å². The highest BCUT2D eigenvalue weighted by Gasteiger charge is 2.21. The Labute approximate surface area is 120 Å². The lowest BCUT2D eigenvalue weighted by atomic mass is 9.92. The van der Waals surface area contributed by atoms with Crippen molar-refractivity contribution >= 4 is 0 Å². The van der Waals surface area contributed by atoms with Gasteiger partial charge in [-0.05, 0) is 50.3 Å². The van der Waals surface area contributed by atoms with E-state index in [0.717, 1.165) is 25.4 Å². The van der Waals surface area contributed by atoms with E-state index in [-0.39, 0.29) is 0 Å². The number of hydrogen-bond donors (Lipinski definition) is 1. The number of piperidine rings is 1. The zero-order chi connectivity index (χ0) is 13.9. The Balaban J connectivity index is 1.57. The van der Waals surface area contributed by atoms with Crippen molar-refractivity contribution in [1.82, 2.24) is 24.9 Å². The molecule has 0 radical (unpaired) electrons. The van der Waals surface area contributed by atoms with Gasteiger partial charge in [0.25, 0.3) is 0 Å². The number of H-pyrrole nitrogens is 1. The molecule has 1 saturated heterocycles. The van der Waals surface area contributed by atoms with Gasteiger partial charge in [-0.1, -0.05) is 0 Å². The molecule has 2 aromatic rings. The maximum atomic E-state index is 4.48. The van der Waals surface area contributed by atoms with Gasteiger partial charge in [-0.3, -0.25) is 14.7 Å². The van der Waals surface area contributed by atoms with Gasteiger partial charge in [0, 0.05) is 32.0 Å². The van der Waals surface area contributed by atoms with E-state index in [1.807, 2.05) is 24.1 Å². The molecule has 5 nitrogen and oxygen atoms in total. The zero-order valence-corrected chi connectivity index (χ0v) is 12.3. The summed E-state index contributed by atoms with van der Waals surface area (Å²) in [5.41, 5.74) is 3.76. The number of hydrogen-bond acceptors (Lipinski definition) is 3. The second kappa shape index (κ2) is 5.79. The van der Waals surface area contributed by atoms with E-state index in [1.54, 1.807) is 0 Å². The summed E-state index contributed by atoms with van der Waals surface area (Å²) in [5, 5.41) is 11.7. The summed E-state index contributed by atoms with van der Waals surface area (Å²) in [6.45, 7) is 5.46. The summed E-state index contributed by atoms with van der Waals surface area (Å²) < 4.78 is 1.88. The molecule has 1 aliphatic rings. The third-order valence-electron chi connectivity index (χ3n) is 4.18. The molecule has 3 rings (SSSR count). The van der Waals surface area contributed by atoms with Crippen molar-refractivity contribution in [3.05, 3.63) is 35.4 Å². The Kier molecular flexibility index (Phi) is 3.87. The summed E-state index contributed by atoms with van der Waals surface area (Å²) in [6.07, 6.45) is 7.65. The molecule has 1 fully saturated rings. The van der Waals surface area contributed by atoms with Gasteiger partial charge < -0.3 is 0 Å². The minimum absolute atomic E-state index is 0.728. The lowest BCUT2D eigenvalue weighted by Gasteiger charge is -2.32. The van der Waals surface area contributed by atoms with Crippen LogP contribution in [0.1, 0.15) is 29.8 Å². The SMILES string of the molecule is Cc1cn[nH]c1CC1CCCN(Cc2ccn(C)n2)C1. The molecule has 0 spiro atoms. The van der Waals surface area contributed by atoms with Gasteiger partial charge >= 0.3 is 0 Å². The molecule has 3 heterocycles. The molecule has 0 amide bonds. The van der Waals surface area contributed by atoms with Crippen molar-refractivity contribution < 1.29 is 0 Å². The first-order valence-electron chi connectivity index (χ1n) is 7.40. The number of nitrogens with one attached hydrogen (secondary N) is 1. The Morgan fingerprint density at radius 3 is 3.05 bits per heavy atom. The quantitative estimate of drug-likeness (QED) is 0.925. The molecule has 1 N–H and O–H groups in total. The van der Waals surface area contributed by atoms with Gasteiger partial charge in [-0.2, -0.15) is 10.2 Å². The maximum Gasteiger partial charge on any atom is 0.0764 e. The fraction of sp³-hybridized carbons (Fsp3) is 0.600. The fourth-order valence-corrected chi connectivity index (χ4v) is 3.11. The first-order valence-corrected chi connectivity index (χ1v) is 7.40. The zero-order valence-electron chi connectivity index (χ0n) is 12.3. The predicted molar refractivity (Wildman–Crippen MR) is 78.2 cm³/mol. The molecule has 108 valence electrons. The van der Waals surface area contributed by atoms with Crippen LogP contribution in [0.2, 0.25) is 0 Å². The van der Waals surface area contributed by atoms with Crippen LogP contribution in [0, 0.1) is 12.8 Å². The minimum Gasteiger partial charge on any atom is -0.297 e. The molecule has 2 aromatic heterocycles. The lowest BCUT2D eigenvalue weighted by molar-refractivity contribution is 0.164. The molecule has 0 aromatic carbocycles. The highest BCUT2D eigenvalue weighted by Crippen LogP contribution is 2.22. The van der Waals surface area contributed by atoms with E-state index in [1.165, 1.54) is 36.3 Å². The Hall–Kier alpha value is -1.62. The highest BCUT2D eigenvalue weighted by atomic mass is 15.3. The lowest BCUT2D eigenvalue weighted by Crippen LogP contribution is -2.36. The predicted octanol–water partition coefficient (Wildman–Crippen LogP) is 1.91. The Morgan fingerprint density at radius 2 is 2.35 bits per heavy atom. The van der Waals surface area contributed by atoms with Crippen molar-refractivity contribution in [2.24, 2.45) is 13.0 Å². The van der Waals surface area contributed by atoms with Crippen LogP contribution in [-0.4, -0.2) is 38.0 Å². The largest absolute Gasteiger partial charge is 0.297 e. The van der Waals surface area contributed by atoms with Crippen LogP contribution in [-0.2, 0) is 20.0 Å². The number of rotatable bonds is 4. The standard InChI is InChI=1S/C15H23N5/c1-12-9-16-17-15(12)8-13-4-3-6-20(10-13)11-14-5-7-19(2)18-14/h5,7,9,13H,3-4,6,8,10-11H2,1-2H3,(H,16,17). The molecule has 20 heavy (non-hydrogen) atoms. The van der Waals surface area contributed by atoms with Crippen LogP contribution in [0.25, 0.3) is 0 Å². The first kappa shape index (κ1) is 13.4. The van der Waals surface area contributed by atoms with Crippen LogP contribution in [0.3, 0.4) is 0 Å². The monoisotopic (exact) mass is 273 g/mol. The number of aromatic nitrogens is 4. The van der Waals surface area contributed by atoms with E-state index < -0.39 is 0 Å². The first-order chi connectivity index (χ1) is 9.70. The average molecular weight is 273 g/mol. The second-order valence-corrected chi connectivity index (χ2v) is 5.96. The third kappa shape index (κ3) is 3.10. The van der Waals surface area contributed by atoms with Crippen LogP contribution in [0.15, 0.2) is 18.5 Å². The molecule has 1 unspecified atom stereocenters. The summed E-state index contributed by atoms with van der Waals surface area (Å²) in [7, 11) is 1.98. The van der Waals surface area contributed by atoms with Crippen molar-refractivity contribution in [2.75, 3.05) is 13.1 Å². The minimum atomic E-state index is 0.728. The van der Waals surface area contributed by atoms with Crippen LogP contribution in [0.4, 0.5) is 0 Å². The fourth-order valence-electron chi connectivity index (χ4n) is 3.11. The van der Waals surface area contributed by atoms with Crippen molar-refractivity contribution in [3.8, 4) is 0 Å². The molecular weight excluding hydrogens is 250 g/mol. The van der Waals surface area contributed by atoms with Crippen molar-refractivity contribution in [2.45, 2.75) is 32.7 Å². The van der Waals surface area contributed by atoms with E-state index >= 15 is 0 Å². The molecular formula is C15H23N5. The number of likely N-dealkylation sites (tertiary alicyclic amines) is 1. The van der Waals surface area contributed by atoms with Crippen LogP contribution >= 0.6 is 0 Å². The smallest absolute Gasteiger partial charge is 0.0764 e. The number of aryl methyl sites for hydroxylation is 2. The third-order valence-corrected chi connectivity index (χ3v) is 4.18. The van der Waals surface area contributed by atoms with E-state index in [4.69, 9.17) is 0 Å². The molecule has 0 saturated carbocycles. The summed E-state index contributed by atoms with van der Waals surface area (Å²) in [6, 6.07) is 2.11. The van der Waals surface area contributed by atoms with Gasteiger partial charge in [-0.25, -0.2) is 0 Å². The Bertz CT molecular complexity index is 556. The molecule has 5 heteroatoms. The van der Waals surface area contributed by atoms with E-state index in [9.17, 15) is 0 Å².